The highest BCUT2D eigenvalue weighted by Gasteiger charge is 2.27. The number of hydrogen-bond acceptors (Lipinski definition) is 2. The average molecular weight is 363 g/mol. The predicted octanol–water partition coefficient (Wildman–Crippen LogP) is 5.56. The van der Waals surface area contributed by atoms with Crippen LogP contribution in [0, 0.1) is 12.3 Å². The van der Waals surface area contributed by atoms with Gasteiger partial charge in [-0.2, -0.15) is 0 Å². The molecule has 26 heavy (non-hydrogen) atoms. The van der Waals surface area contributed by atoms with Crippen LogP contribution in [-0.4, -0.2) is 48.1 Å². The summed E-state index contributed by atoms with van der Waals surface area (Å²) < 4.78 is 14.3. The second-order valence-corrected chi connectivity index (χ2v) is 7.72. The Hall–Kier alpha value is -1.11. The first kappa shape index (κ1) is 22.9. The Labute approximate surface area is 161 Å². The van der Waals surface area contributed by atoms with Crippen molar-refractivity contribution < 1.29 is 4.39 Å². The van der Waals surface area contributed by atoms with E-state index in [-0.39, 0.29) is 5.83 Å². The van der Waals surface area contributed by atoms with Crippen molar-refractivity contribution in [2.45, 2.75) is 85.2 Å². The largest absolute Gasteiger partial charge is 0.299 e. The summed E-state index contributed by atoms with van der Waals surface area (Å²) >= 11 is 0. The predicted molar refractivity (Wildman–Crippen MR) is 112 cm³/mol. The van der Waals surface area contributed by atoms with Crippen LogP contribution < -0.4 is 0 Å². The van der Waals surface area contributed by atoms with E-state index < -0.39 is 0 Å². The zero-order valence-corrected chi connectivity index (χ0v) is 17.7. The molecule has 0 amide bonds. The van der Waals surface area contributed by atoms with E-state index in [9.17, 15) is 4.39 Å². The molecular weight excluding hydrogens is 323 g/mol. The minimum Gasteiger partial charge on any atom is -0.299 e. The maximum Gasteiger partial charge on any atom is 0.123 e. The maximum atomic E-state index is 14.3. The third-order valence-corrected chi connectivity index (χ3v) is 5.54. The summed E-state index contributed by atoms with van der Waals surface area (Å²) in [6.45, 7) is 14.7. The van der Waals surface area contributed by atoms with Crippen molar-refractivity contribution >= 4 is 0 Å². The zero-order chi connectivity index (χ0) is 19.5. The van der Waals surface area contributed by atoms with Crippen LogP contribution in [0.1, 0.15) is 73.1 Å². The van der Waals surface area contributed by atoms with Crippen molar-refractivity contribution in [2.24, 2.45) is 0 Å². The van der Waals surface area contributed by atoms with Crippen LogP contribution in [0.3, 0.4) is 0 Å². The summed E-state index contributed by atoms with van der Waals surface area (Å²) in [4.78, 5) is 5.14. The van der Waals surface area contributed by atoms with Gasteiger partial charge in [0.25, 0.3) is 0 Å². The average Bonchev–Trinajstić information content (AvgIpc) is 2.62. The van der Waals surface area contributed by atoms with Gasteiger partial charge in [-0.15, -0.1) is 12.3 Å². The number of likely N-dealkylation sites (tertiary alicyclic amines) is 1. The standard InChI is InChI=1S/C23H39FN2/c1-7-11-19(5)17-23(24)20(6)18-25-15-12-22(13-16-25)26(14-8-2)21(9-3)10-4/h1,17,21-22H,8-16,18H2,2-6H3/b19-17-,23-20-. The lowest BCUT2D eigenvalue weighted by Crippen LogP contribution is -2.49. The molecule has 1 fully saturated rings. The van der Waals surface area contributed by atoms with Crippen molar-refractivity contribution in [3.63, 3.8) is 0 Å². The molecule has 1 aliphatic heterocycles. The normalized spacial score (nSPS) is 18.3. The molecule has 0 radical (unpaired) electrons. The Kier molecular flexibility index (Phi) is 10.9. The Morgan fingerprint density at radius 1 is 1.23 bits per heavy atom. The van der Waals surface area contributed by atoms with Gasteiger partial charge in [0.05, 0.1) is 0 Å². The molecule has 0 unspecified atom stereocenters. The van der Waals surface area contributed by atoms with Crippen molar-refractivity contribution in [1.29, 1.82) is 0 Å². The molecule has 0 aromatic rings. The molecule has 1 heterocycles. The molecule has 0 atom stereocenters. The zero-order valence-electron chi connectivity index (χ0n) is 17.7. The lowest BCUT2D eigenvalue weighted by molar-refractivity contribution is 0.0719. The van der Waals surface area contributed by atoms with Gasteiger partial charge in [0.15, 0.2) is 0 Å². The molecule has 0 bridgehead atoms. The van der Waals surface area contributed by atoms with E-state index in [2.05, 4.69) is 36.5 Å². The van der Waals surface area contributed by atoms with Gasteiger partial charge in [0, 0.05) is 25.0 Å². The molecule has 1 saturated heterocycles. The van der Waals surface area contributed by atoms with E-state index in [1.165, 1.54) is 38.6 Å². The number of rotatable bonds is 10. The SMILES string of the molecule is C#CC/C(C)=C\C(F)=C(/C)CN1CCC(N(CCC)C(CC)CC)CC1. The van der Waals surface area contributed by atoms with Crippen LogP contribution in [0.15, 0.2) is 23.0 Å². The molecule has 0 aromatic heterocycles. The lowest BCUT2D eigenvalue weighted by Gasteiger charge is -2.42. The summed E-state index contributed by atoms with van der Waals surface area (Å²) in [5.41, 5.74) is 1.72. The Morgan fingerprint density at radius 2 is 1.85 bits per heavy atom. The first-order valence-corrected chi connectivity index (χ1v) is 10.4. The third-order valence-electron chi connectivity index (χ3n) is 5.54. The summed E-state index contributed by atoms with van der Waals surface area (Å²) in [6, 6.07) is 1.39. The molecule has 0 saturated carbocycles. The summed E-state index contributed by atoms with van der Waals surface area (Å²) in [5.74, 6) is 2.44. The van der Waals surface area contributed by atoms with Crippen molar-refractivity contribution in [3.8, 4) is 12.3 Å². The van der Waals surface area contributed by atoms with Gasteiger partial charge in [0.2, 0.25) is 0 Å². The molecule has 148 valence electrons. The monoisotopic (exact) mass is 362 g/mol. The highest BCUT2D eigenvalue weighted by atomic mass is 19.1. The fraction of sp³-hybridized carbons (Fsp3) is 0.739. The molecular formula is C23H39FN2. The van der Waals surface area contributed by atoms with Crippen LogP contribution in [0.4, 0.5) is 4.39 Å². The molecule has 0 spiro atoms. The first-order chi connectivity index (χ1) is 12.5. The van der Waals surface area contributed by atoms with Gasteiger partial charge in [-0.05, 0) is 77.2 Å². The first-order valence-electron chi connectivity index (χ1n) is 10.4. The van der Waals surface area contributed by atoms with Crippen molar-refractivity contribution in [2.75, 3.05) is 26.2 Å². The molecule has 1 rings (SSSR count). The van der Waals surface area contributed by atoms with Crippen LogP contribution >= 0.6 is 0 Å². The van der Waals surface area contributed by atoms with Crippen LogP contribution in [0.25, 0.3) is 0 Å². The molecule has 0 aliphatic carbocycles. The van der Waals surface area contributed by atoms with Gasteiger partial charge >= 0.3 is 0 Å². The van der Waals surface area contributed by atoms with E-state index in [4.69, 9.17) is 6.42 Å². The fourth-order valence-corrected chi connectivity index (χ4v) is 4.05. The summed E-state index contributed by atoms with van der Waals surface area (Å²) in [5, 5.41) is 0. The minimum atomic E-state index is -0.121. The van der Waals surface area contributed by atoms with E-state index in [0.29, 0.717) is 18.5 Å². The van der Waals surface area contributed by atoms with Crippen LogP contribution in [-0.2, 0) is 0 Å². The van der Waals surface area contributed by atoms with Crippen molar-refractivity contribution in [3.05, 3.63) is 23.0 Å². The van der Waals surface area contributed by atoms with Gasteiger partial charge in [-0.1, -0.05) is 26.3 Å². The van der Waals surface area contributed by atoms with E-state index in [1.807, 2.05) is 13.8 Å². The second kappa shape index (κ2) is 12.3. The number of piperidine rings is 1. The number of halogens is 1. The minimum absolute atomic E-state index is 0.121. The van der Waals surface area contributed by atoms with Gasteiger partial charge < -0.3 is 0 Å². The summed E-state index contributed by atoms with van der Waals surface area (Å²) in [6.07, 6.45) is 13.5. The van der Waals surface area contributed by atoms with Crippen LogP contribution in [0.2, 0.25) is 0 Å². The third kappa shape index (κ3) is 7.25. The smallest absolute Gasteiger partial charge is 0.123 e. The second-order valence-electron chi connectivity index (χ2n) is 7.72. The Balaban J connectivity index is 2.62. The summed E-state index contributed by atoms with van der Waals surface area (Å²) in [7, 11) is 0. The maximum absolute atomic E-state index is 14.3. The van der Waals surface area contributed by atoms with Gasteiger partial charge in [-0.25, -0.2) is 4.39 Å². The number of nitrogens with zero attached hydrogens (tertiary/aromatic N) is 2. The van der Waals surface area contributed by atoms with Crippen molar-refractivity contribution in [1.82, 2.24) is 9.80 Å². The molecule has 0 aromatic carbocycles. The van der Waals surface area contributed by atoms with E-state index in [1.54, 1.807) is 6.08 Å². The lowest BCUT2D eigenvalue weighted by atomic mass is 9.98. The van der Waals surface area contributed by atoms with Crippen LogP contribution in [0.5, 0.6) is 0 Å². The topological polar surface area (TPSA) is 6.48 Å². The molecule has 2 nitrogen and oxygen atoms in total. The quantitative estimate of drug-likeness (QED) is 0.370. The highest BCUT2D eigenvalue weighted by Crippen LogP contribution is 2.23. The van der Waals surface area contributed by atoms with Gasteiger partial charge in [-0.3, -0.25) is 9.80 Å². The van der Waals surface area contributed by atoms with Gasteiger partial charge in [0.1, 0.15) is 5.83 Å². The fourth-order valence-electron chi connectivity index (χ4n) is 4.05. The number of hydrogen-bond donors (Lipinski definition) is 0. The number of allylic oxidation sites excluding steroid dienone is 3. The Bertz CT molecular complexity index is 503. The highest BCUT2D eigenvalue weighted by molar-refractivity contribution is 5.24. The molecule has 1 aliphatic rings. The molecule has 0 N–H and O–H groups in total. The van der Waals surface area contributed by atoms with E-state index >= 15 is 0 Å². The number of terminal acetylenes is 1. The van der Waals surface area contributed by atoms with E-state index in [0.717, 1.165) is 30.8 Å². The molecule has 3 heteroatoms. The Morgan fingerprint density at radius 3 is 2.35 bits per heavy atom.